The molecule has 3 heteroatoms. The highest BCUT2D eigenvalue weighted by Crippen LogP contribution is 2.45. The Morgan fingerprint density at radius 3 is 1.96 bits per heavy atom. The van der Waals surface area contributed by atoms with Crippen molar-refractivity contribution in [3.05, 3.63) is 46.8 Å². The van der Waals surface area contributed by atoms with Gasteiger partial charge in [0.1, 0.15) is 5.82 Å². The van der Waals surface area contributed by atoms with Crippen molar-refractivity contribution in [2.45, 2.75) is 71.1 Å². The van der Waals surface area contributed by atoms with Crippen molar-refractivity contribution in [2.75, 3.05) is 0 Å². The van der Waals surface area contributed by atoms with E-state index in [2.05, 4.69) is 6.92 Å². The maximum atomic E-state index is 15.1. The van der Waals surface area contributed by atoms with Gasteiger partial charge in [-0.25, -0.2) is 13.2 Å². The molecule has 2 saturated carbocycles. The second kappa shape index (κ2) is 7.48. The smallest absolute Gasteiger partial charge is 0.169 e. The Bertz CT molecular complexity index is 825. The molecule has 2 aliphatic carbocycles. The fourth-order valence-corrected chi connectivity index (χ4v) is 5.50. The third kappa shape index (κ3) is 3.50. The van der Waals surface area contributed by atoms with Gasteiger partial charge < -0.3 is 0 Å². The summed E-state index contributed by atoms with van der Waals surface area (Å²) in [6.45, 7) is 3.86. The average Bonchev–Trinajstić information content (AvgIpc) is 2.67. The van der Waals surface area contributed by atoms with Gasteiger partial charge in [-0.1, -0.05) is 31.9 Å². The van der Waals surface area contributed by atoms with Gasteiger partial charge >= 0.3 is 0 Å². The zero-order valence-electron chi connectivity index (χ0n) is 16.3. The van der Waals surface area contributed by atoms with Crippen molar-refractivity contribution < 1.29 is 13.2 Å². The summed E-state index contributed by atoms with van der Waals surface area (Å²) in [6.07, 6.45) is 9.53. The van der Waals surface area contributed by atoms with E-state index in [9.17, 15) is 8.78 Å². The van der Waals surface area contributed by atoms with E-state index in [-0.39, 0.29) is 16.9 Å². The third-order valence-corrected chi connectivity index (χ3v) is 7.27. The zero-order valence-corrected chi connectivity index (χ0v) is 16.3. The van der Waals surface area contributed by atoms with Crippen LogP contribution in [-0.2, 0) is 0 Å². The van der Waals surface area contributed by atoms with Gasteiger partial charge in [-0.15, -0.1) is 0 Å². The largest absolute Gasteiger partial charge is 0.206 e. The molecular formula is C24H29F3. The van der Waals surface area contributed by atoms with E-state index in [0.29, 0.717) is 10.9 Å². The Morgan fingerprint density at radius 2 is 1.33 bits per heavy atom. The normalized spacial score (nSPS) is 29.2. The van der Waals surface area contributed by atoms with Crippen LogP contribution in [0.15, 0.2) is 18.2 Å². The van der Waals surface area contributed by atoms with Crippen molar-refractivity contribution in [1.29, 1.82) is 0 Å². The number of rotatable bonds is 2. The van der Waals surface area contributed by atoms with Gasteiger partial charge in [0, 0.05) is 0 Å². The summed E-state index contributed by atoms with van der Waals surface area (Å²) < 4.78 is 43.5. The van der Waals surface area contributed by atoms with Gasteiger partial charge in [0.2, 0.25) is 0 Å². The van der Waals surface area contributed by atoms with Crippen molar-refractivity contribution in [1.82, 2.24) is 0 Å². The van der Waals surface area contributed by atoms with E-state index in [1.165, 1.54) is 38.7 Å². The predicted molar refractivity (Wildman–Crippen MR) is 104 cm³/mol. The highest BCUT2D eigenvalue weighted by Gasteiger charge is 2.31. The van der Waals surface area contributed by atoms with Gasteiger partial charge in [-0.05, 0) is 91.7 Å². The maximum absolute atomic E-state index is 15.1. The van der Waals surface area contributed by atoms with E-state index in [1.807, 2.05) is 0 Å². The van der Waals surface area contributed by atoms with E-state index in [1.54, 1.807) is 12.1 Å². The van der Waals surface area contributed by atoms with Crippen LogP contribution in [0.1, 0.15) is 75.3 Å². The molecule has 2 fully saturated rings. The molecule has 2 aromatic rings. The predicted octanol–water partition coefficient (Wildman–Crippen LogP) is 7.67. The minimum Gasteiger partial charge on any atom is -0.206 e. The summed E-state index contributed by atoms with van der Waals surface area (Å²) >= 11 is 0. The van der Waals surface area contributed by atoms with Gasteiger partial charge in [0.15, 0.2) is 11.6 Å². The highest BCUT2D eigenvalue weighted by molar-refractivity contribution is 5.85. The minimum absolute atomic E-state index is 0.122. The van der Waals surface area contributed by atoms with E-state index >= 15 is 4.39 Å². The van der Waals surface area contributed by atoms with Crippen LogP contribution in [0.25, 0.3) is 10.8 Å². The molecule has 2 aromatic carbocycles. The SMILES string of the molecule is Cc1cc2ccc(C3CCC(C4CCC(C)CC4)CC3)c(F)c2c(F)c1F. The van der Waals surface area contributed by atoms with Crippen LogP contribution >= 0.6 is 0 Å². The molecule has 0 unspecified atom stereocenters. The first kappa shape index (κ1) is 18.8. The molecule has 0 amide bonds. The lowest BCUT2D eigenvalue weighted by Crippen LogP contribution is -2.25. The molecule has 0 aromatic heterocycles. The molecule has 0 bridgehead atoms. The molecular weight excluding hydrogens is 345 g/mol. The first-order valence-corrected chi connectivity index (χ1v) is 10.5. The first-order chi connectivity index (χ1) is 13.0. The summed E-state index contributed by atoms with van der Waals surface area (Å²) in [5.41, 5.74) is 0.787. The molecule has 0 heterocycles. The van der Waals surface area contributed by atoms with E-state index < -0.39 is 17.5 Å². The first-order valence-electron chi connectivity index (χ1n) is 10.5. The van der Waals surface area contributed by atoms with Crippen LogP contribution in [0.4, 0.5) is 13.2 Å². The molecule has 0 saturated heterocycles. The maximum Gasteiger partial charge on any atom is 0.169 e. The molecule has 0 aliphatic heterocycles. The Morgan fingerprint density at radius 1 is 0.741 bits per heavy atom. The molecule has 4 rings (SSSR count). The summed E-state index contributed by atoms with van der Waals surface area (Å²) in [7, 11) is 0. The fourth-order valence-electron chi connectivity index (χ4n) is 5.50. The second-order valence-electron chi connectivity index (χ2n) is 9.02. The fraction of sp³-hybridized carbons (Fsp3) is 0.583. The Balaban J connectivity index is 1.53. The van der Waals surface area contributed by atoms with Crippen LogP contribution in [0.3, 0.4) is 0 Å². The number of fused-ring (bicyclic) bond motifs is 1. The quantitative estimate of drug-likeness (QED) is 0.506. The summed E-state index contributed by atoms with van der Waals surface area (Å²) in [6, 6.07) is 5.07. The van der Waals surface area contributed by atoms with Crippen molar-refractivity contribution in [3.63, 3.8) is 0 Å². The molecule has 0 N–H and O–H groups in total. The Kier molecular flexibility index (Phi) is 5.22. The Labute approximate surface area is 160 Å². The van der Waals surface area contributed by atoms with E-state index in [0.717, 1.165) is 43.4 Å². The number of hydrogen-bond acceptors (Lipinski definition) is 0. The zero-order chi connectivity index (χ0) is 19.1. The lowest BCUT2D eigenvalue weighted by Gasteiger charge is -2.37. The van der Waals surface area contributed by atoms with Crippen LogP contribution in [0.2, 0.25) is 0 Å². The topological polar surface area (TPSA) is 0 Å². The van der Waals surface area contributed by atoms with Crippen LogP contribution in [0.5, 0.6) is 0 Å². The molecule has 2 aliphatic rings. The standard InChI is InChI=1S/C24H29F3/c1-14-3-5-16(6-4-14)17-7-9-18(10-8-17)20-12-11-19-13-15(2)22(25)24(27)21(19)23(20)26/h11-14,16-18H,3-10H2,1-2H3. The number of halogens is 3. The Hall–Kier alpha value is -1.51. The average molecular weight is 374 g/mol. The summed E-state index contributed by atoms with van der Waals surface area (Å²) in [5.74, 6) is 0.0364. The third-order valence-electron chi connectivity index (χ3n) is 7.27. The minimum atomic E-state index is -1.05. The van der Waals surface area contributed by atoms with Gasteiger partial charge in [0.05, 0.1) is 5.39 Å². The van der Waals surface area contributed by atoms with Gasteiger partial charge in [-0.2, -0.15) is 0 Å². The number of aryl methyl sites for hydroxylation is 1. The lowest BCUT2D eigenvalue weighted by atomic mass is 9.68. The summed E-state index contributed by atoms with van der Waals surface area (Å²) in [4.78, 5) is 0. The van der Waals surface area contributed by atoms with Gasteiger partial charge in [0.25, 0.3) is 0 Å². The van der Waals surface area contributed by atoms with E-state index in [4.69, 9.17) is 0 Å². The number of hydrogen-bond donors (Lipinski definition) is 0. The van der Waals surface area contributed by atoms with Crippen molar-refractivity contribution in [2.24, 2.45) is 17.8 Å². The number of benzene rings is 2. The molecule has 0 nitrogen and oxygen atoms in total. The van der Waals surface area contributed by atoms with Gasteiger partial charge in [-0.3, -0.25) is 0 Å². The van der Waals surface area contributed by atoms with Crippen molar-refractivity contribution >= 4 is 10.8 Å². The molecule has 146 valence electrons. The van der Waals surface area contributed by atoms with Crippen LogP contribution in [-0.4, -0.2) is 0 Å². The summed E-state index contributed by atoms with van der Waals surface area (Å²) in [5, 5.41) is 0.261. The molecule has 0 spiro atoms. The monoisotopic (exact) mass is 374 g/mol. The highest BCUT2D eigenvalue weighted by atomic mass is 19.2. The molecule has 27 heavy (non-hydrogen) atoms. The second-order valence-corrected chi connectivity index (χ2v) is 9.02. The molecule has 0 radical (unpaired) electrons. The van der Waals surface area contributed by atoms with Crippen LogP contribution in [0, 0.1) is 42.1 Å². The lowest BCUT2D eigenvalue weighted by molar-refractivity contribution is 0.164. The van der Waals surface area contributed by atoms with Crippen molar-refractivity contribution in [3.8, 4) is 0 Å². The van der Waals surface area contributed by atoms with Crippen LogP contribution < -0.4 is 0 Å². The molecule has 0 atom stereocenters.